The highest BCUT2D eigenvalue weighted by Crippen LogP contribution is 2.36. The summed E-state index contributed by atoms with van der Waals surface area (Å²) in [5, 5.41) is 9.67. The fraction of sp³-hybridized carbons (Fsp3) is 0.190. The van der Waals surface area contributed by atoms with Crippen molar-refractivity contribution in [3.8, 4) is 34.0 Å². The number of methoxy groups -OCH3 is 2. The molecule has 1 N–H and O–H groups in total. The van der Waals surface area contributed by atoms with Crippen LogP contribution in [0.4, 0.5) is 4.39 Å². The number of aliphatic hydroxyl groups is 1. The van der Waals surface area contributed by atoms with E-state index in [4.69, 9.17) is 9.47 Å². The van der Waals surface area contributed by atoms with Gasteiger partial charge in [-0.15, -0.1) is 0 Å². The van der Waals surface area contributed by atoms with Gasteiger partial charge < -0.3 is 14.6 Å². The zero-order valence-corrected chi connectivity index (χ0v) is 17.0. The summed E-state index contributed by atoms with van der Waals surface area (Å²) in [4.78, 5) is 4.65. The number of sulfone groups is 1. The smallest absolute Gasteiger partial charge is 0.219 e. The largest absolute Gasteiger partial charge is 0.494 e. The number of rotatable bonds is 6. The van der Waals surface area contributed by atoms with Crippen LogP contribution in [-0.4, -0.2) is 39.0 Å². The maximum atomic E-state index is 14.3. The summed E-state index contributed by atoms with van der Waals surface area (Å²) < 4.78 is 48.0. The SMILES string of the molecule is COc1ccc(-c2nc(OC)c(CO)cc2-c2ccc(S(C)(=O)=O)cc2)cc1F. The maximum absolute atomic E-state index is 14.3. The number of pyridine rings is 1. The van der Waals surface area contributed by atoms with Crippen molar-refractivity contribution in [2.75, 3.05) is 20.5 Å². The van der Waals surface area contributed by atoms with Gasteiger partial charge >= 0.3 is 0 Å². The Kier molecular flexibility index (Phi) is 5.86. The van der Waals surface area contributed by atoms with Gasteiger partial charge in [0.15, 0.2) is 21.4 Å². The van der Waals surface area contributed by atoms with E-state index >= 15 is 0 Å². The van der Waals surface area contributed by atoms with E-state index in [0.29, 0.717) is 27.9 Å². The minimum absolute atomic E-state index is 0.103. The molecule has 0 atom stereocenters. The Hall–Kier alpha value is -2.97. The van der Waals surface area contributed by atoms with E-state index in [2.05, 4.69) is 4.98 Å². The quantitative estimate of drug-likeness (QED) is 0.661. The minimum atomic E-state index is -3.34. The number of hydrogen-bond acceptors (Lipinski definition) is 6. The number of aromatic nitrogens is 1. The number of ether oxygens (including phenoxy) is 2. The Bertz CT molecular complexity index is 1140. The lowest BCUT2D eigenvalue weighted by molar-refractivity contribution is 0.271. The summed E-state index contributed by atoms with van der Waals surface area (Å²) in [5.41, 5.74) is 2.61. The highest BCUT2D eigenvalue weighted by Gasteiger charge is 2.17. The first kappa shape index (κ1) is 20.8. The molecule has 152 valence electrons. The molecule has 0 amide bonds. The van der Waals surface area contributed by atoms with Gasteiger partial charge in [-0.3, -0.25) is 0 Å². The van der Waals surface area contributed by atoms with Gasteiger partial charge in [0.2, 0.25) is 5.88 Å². The monoisotopic (exact) mass is 417 g/mol. The average Bonchev–Trinajstić information content (AvgIpc) is 2.72. The maximum Gasteiger partial charge on any atom is 0.219 e. The molecule has 0 bridgehead atoms. The third-order valence-corrected chi connectivity index (χ3v) is 5.57. The van der Waals surface area contributed by atoms with Crippen molar-refractivity contribution in [2.24, 2.45) is 0 Å². The molecule has 1 aromatic heterocycles. The minimum Gasteiger partial charge on any atom is -0.494 e. The Morgan fingerprint density at radius 1 is 1.00 bits per heavy atom. The molecule has 0 aliphatic rings. The number of benzene rings is 2. The van der Waals surface area contributed by atoms with Crippen molar-refractivity contribution in [2.45, 2.75) is 11.5 Å². The molecule has 0 saturated heterocycles. The van der Waals surface area contributed by atoms with Crippen molar-refractivity contribution < 1.29 is 27.4 Å². The van der Waals surface area contributed by atoms with Gasteiger partial charge in [-0.2, -0.15) is 0 Å². The van der Waals surface area contributed by atoms with Crippen LogP contribution in [0, 0.1) is 5.82 Å². The lowest BCUT2D eigenvalue weighted by Crippen LogP contribution is -2.01. The molecule has 3 rings (SSSR count). The molecule has 6 nitrogen and oxygen atoms in total. The van der Waals surface area contributed by atoms with Gasteiger partial charge in [-0.05, 0) is 42.0 Å². The van der Waals surface area contributed by atoms with Gasteiger partial charge in [0.05, 0.1) is 31.4 Å². The molecule has 0 aliphatic heterocycles. The number of hydrogen-bond donors (Lipinski definition) is 1. The highest BCUT2D eigenvalue weighted by molar-refractivity contribution is 7.90. The molecule has 3 aromatic rings. The van der Waals surface area contributed by atoms with E-state index in [1.807, 2.05) is 0 Å². The standard InChI is InChI=1S/C21H20FNO5S/c1-27-19-9-6-14(11-18(19)22)20-17(10-15(12-24)21(23-20)28-2)13-4-7-16(8-5-13)29(3,25)26/h4-11,24H,12H2,1-3H3. The molecular weight excluding hydrogens is 397 g/mol. The van der Waals surface area contributed by atoms with Crippen LogP contribution in [0.15, 0.2) is 53.4 Å². The molecule has 1 heterocycles. The third-order valence-electron chi connectivity index (χ3n) is 4.44. The van der Waals surface area contributed by atoms with Crippen LogP contribution < -0.4 is 9.47 Å². The summed E-state index contributed by atoms with van der Waals surface area (Å²) in [6.07, 6.45) is 1.13. The summed E-state index contributed by atoms with van der Waals surface area (Å²) in [7, 11) is -0.530. The third kappa shape index (κ3) is 4.23. The summed E-state index contributed by atoms with van der Waals surface area (Å²) >= 11 is 0. The second-order valence-corrected chi connectivity index (χ2v) is 8.37. The van der Waals surface area contributed by atoms with Crippen molar-refractivity contribution in [1.29, 1.82) is 0 Å². The van der Waals surface area contributed by atoms with Crippen LogP contribution in [0.1, 0.15) is 5.56 Å². The summed E-state index contributed by atoms with van der Waals surface area (Å²) in [5.74, 6) is -0.225. The molecule has 0 aliphatic carbocycles. The predicted octanol–water partition coefficient (Wildman–Crippen LogP) is 3.47. The zero-order valence-electron chi connectivity index (χ0n) is 16.1. The Balaban J connectivity index is 2.23. The molecule has 0 unspecified atom stereocenters. The van der Waals surface area contributed by atoms with Crippen molar-refractivity contribution in [1.82, 2.24) is 4.98 Å². The average molecular weight is 417 g/mol. The van der Waals surface area contributed by atoms with E-state index in [9.17, 15) is 17.9 Å². The Labute approximate surface area is 168 Å². The first-order valence-electron chi connectivity index (χ1n) is 8.61. The normalized spacial score (nSPS) is 11.3. The van der Waals surface area contributed by atoms with E-state index in [1.165, 1.54) is 38.5 Å². The van der Waals surface area contributed by atoms with E-state index in [1.54, 1.807) is 24.3 Å². The Morgan fingerprint density at radius 2 is 1.66 bits per heavy atom. The van der Waals surface area contributed by atoms with Gasteiger partial charge in [-0.25, -0.2) is 17.8 Å². The second-order valence-electron chi connectivity index (χ2n) is 6.36. The van der Waals surface area contributed by atoms with Crippen molar-refractivity contribution in [3.05, 3.63) is 59.9 Å². The van der Waals surface area contributed by atoms with Crippen LogP contribution in [0.25, 0.3) is 22.4 Å². The first-order valence-corrected chi connectivity index (χ1v) is 10.5. The summed E-state index contributed by atoms with van der Waals surface area (Å²) in [6.45, 7) is -0.304. The van der Waals surface area contributed by atoms with Crippen molar-refractivity contribution in [3.63, 3.8) is 0 Å². The van der Waals surface area contributed by atoms with Crippen LogP contribution in [-0.2, 0) is 16.4 Å². The highest BCUT2D eigenvalue weighted by atomic mass is 32.2. The molecule has 0 radical (unpaired) electrons. The lowest BCUT2D eigenvalue weighted by atomic mass is 9.97. The van der Waals surface area contributed by atoms with Gasteiger partial charge in [0, 0.05) is 22.9 Å². The van der Waals surface area contributed by atoms with Gasteiger partial charge in [-0.1, -0.05) is 12.1 Å². The lowest BCUT2D eigenvalue weighted by Gasteiger charge is -2.15. The van der Waals surface area contributed by atoms with Crippen LogP contribution in [0.2, 0.25) is 0 Å². The topological polar surface area (TPSA) is 85.7 Å². The molecule has 0 fully saturated rings. The molecule has 2 aromatic carbocycles. The van der Waals surface area contributed by atoms with Gasteiger partial charge in [0.25, 0.3) is 0 Å². The fourth-order valence-corrected chi connectivity index (χ4v) is 3.59. The summed E-state index contributed by atoms with van der Waals surface area (Å²) in [6, 6.07) is 12.4. The van der Waals surface area contributed by atoms with E-state index in [-0.39, 0.29) is 23.1 Å². The molecule has 0 saturated carbocycles. The fourth-order valence-electron chi connectivity index (χ4n) is 2.96. The van der Waals surface area contributed by atoms with Crippen LogP contribution >= 0.6 is 0 Å². The predicted molar refractivity (Wildman–Crippen MR) is 107 cm³/mol. The number of aliphatic hydroxyl groups excluding tert-OH is 1. The second kappa shape index (κ2) is 8.18. The number of halogens is 1. The first-order chi connectivity index (χ1) is 13.8. The molecule has 29 heavy (non-hydrogen) atoms. The van der Waals surface area contributed by atoms with Gasteiger partial charge in [0.1, 0.15) is 0 Å². The molecular formula is C21H20FNO5S. The number of nitrogens with zero attached hydrogens (tertiary/aromatic N) is 1. The molecule has 8 heteroatoms. The van der Waals surface area contributed by atoms with E-state index < -0.39 is 15.7 Å². The van der Waals surface area contributed by atoms with Crippen molar-refractivity contribution >= 4 is 9.84 Å². The zero-order chi connectivity index (χ0) is 21.2. The van der Waals surface area contributed by atoms with Crippen LogP contribution in [0.5, 0.6) is 11.6 Å². The molecule has 0 spiro atoms. The van der Waals surface area contributed by atoms with E-state index in [0.717, 1.165) is 6.26 Å². The Morgan fingerprint density at radius 3 is 2.17 bits per heavy atom. The van der Waals surface area contributed by atoms with Crippen LogP contribution in [0.3, 0.4) is 0 Å².